The smallest absolute Gasteiger partial charge is 0.257 e. The van der Waals surface area contributed by atoms with Gasteiger partial charge in [0.05, 0.1) is 24.7 Å². The van der Waals surface area contributed by atoms with Crippen LogP contribution < -0.4 is 15.5 Å². The average molecular weight is 476 g/mol. The summed E-state index contributed by atoms with van der Waals surface area (Å²) in [5.41, 5.74) is -1.76. The molecule has 0 saturated carbocycles. The number of ketones is 1. The number of benzene rings is 1. The number of methoxy groups -OCH3 is 2. The lowest BCUT2D eigenvalue weighted by Gasteiger charge is -2.43. The molecular formula is C24H26F2N2O6. The Morgan fingerprint density at radius 2 is 2.06 bits per heavy atom. The monoisotopic (exact) mass is 476 g/mol. The van der Waals surface area contributed by atoms with Crippen LogP contribution in [0.5, 0.6) is 5.75 Å². The molecule has 4 rings (SSSR count). The molecule has 34 heavy (non-hydrogen) atoms. The largest absolute Gasteiger partial charge is 0.491 e. The Kier molecular flexibility index (Phi) is 6.55. The second-order valence-electron chi connectivity index (χ2n) is 8.72. The van der Waals surface area contributed by atoms with E-state index in [0.29, 0.717) is 32.1 Å². The van der Waals surface area contributed by atoms with Gasteiger partial charge in [0.25, 0.3) is 5.91 Å². The minimum Gasteiger partial charge on any atom is -0.491 e. The molecule has 0 spiro atoms. The summed E-state index contributed by atoms with van der Waals surface area (Å²) in [5.74, 6) is -2.85. The van der Waals surface area contributed by atoms with E-state index >= 15 is 0 Å². The molecule has 3 heterocycles. The first-order chi connectivity index (χ1) is 16.2. The zero-order valence-electron chi connectivity index (χ0n) is 19.2. The first-order valence-corrected chi connectivity index (χ1v) is 10.9. The number of fused-ring (bicyclic) bond motifs is 3. The van der Waals surface area contributed by atoms with Crippen molar-refractivity contribution in [2.45, 2.75) is 38.5 Å². The SMILES string of the molecule is COCC[C@@]1(C)C(=O)c2c(OC)c(=O)c(C(=O)NCc3ccc(F)cc3F)cn2[C@H]2CCO[C@H]21. The van der Waals surface area contributed by atoms with Gasteiger partial charge in [-0.05, 0) is 25.8 Å². The third kappa shape index (κ3) is 3.90. The number of carbonyl (C=O) groups is 2. The van der Waals surface area contributed by atoms with Gasteiger partial charge in [0.15, 0.2) is 11.5 Å². The normalized spacial score (nSPS) is 23.4. The topological polar surface area (TPSA) is 95.9 Å². The molecule has 0 aliphatic carbocycles. The van der Waals surface area contributed by atoms with Gasteiger partial charge in [-0.1, -0.05) is 6.07 Å². The fourth-order valence-corrected chi connectivity index (χ4v) is 4.82. The van der Waals surface area contributed by atoms with Gasteiger partial charge in [-0.3, -0.25) is 14.4 Å². The minimum atomic E-state index is -0.930. The Morgan fingerprint density at radius 3 is 2.74 bits per heavy atom. The number of aromatic nitrogens is 1. The van der Waals surface area contributed by atoms with E-state index in [1.54, 1.807) is 18.6 Å². The molecule has 0 radical (unpaired) electrons. The van der Waals surface area contributed by atoms with Gasteiger partial charge in [0.1, 0.15) is 22.9 Å². The summed E-state index contributed by atoms with van der Waals surface area (Å²) in [7, 11) is 2.82. The lowest BCUT2D eigenvalue weighted by molar-refractivity contribution is -0.0222. The molecule has 10 heteroatoms. The standard InChI is InChI=1S/C24H26F2N2O6/c1-24(7-9-32-2)21(30)18-20(33-3)19(29)15(12-28(18)17-6-8-34-22(17)24)23(31)27-11-13-4-5-14(25)10-16(13)26/h4-5,10,12,17,22H,6-9,11H2,1-3H3,(H,27,31)/t17-,22+,24-/m0/s1. The van der Waals surface area contributed by atoms with Gasteiger partial charge in [-0.15, -0.1) is 0 Å². The van der Waals surface area contributed by atoms with Gasteiger partial charge in [0, 0.05) is 44.7 Å². The Hall–Kier alpha value is -3.11. The van der Waals surface area contributed by atoms with Crippen molar-refractivity contribution in [1.29, 1.82) is 0 Å². The summed E-state index contributed by atoms with van der Waals surface area (Å²) in [5, 5.41) is 2.49. The summed E-state index contributed by atoms with van der Waals surface area (Å²) in [6.45, 7) is 2.30. The van der Waals surface area contributed by atoms with Crippen LogP contribution in [0.15, 0.2) is 29.2 Å². The number of hydrogen-bond donors (Lipinski definition) is 1. The lowest BCUT2D eigenvalue weighted by Crippen LogP contribution is -2.51. The summed E-state index contributed by atoms with van der Waals surface area (Å²) >= 11 is 0. The van der Waals surface area contributed by atoms with Crippen molar-refractivity contribution >= 4 is 11.7 Å². The molecule has 8 nitrogen and oxygen atoms in total. The van der Waals surface area contributed by atoms with Gasteiger partial charge < -0.3 is 24.1 Å². The number of amides is 1. The van der Waals surface area contributed by atoms with Crippen LogP contribution in [0.1, 0.15) is 52.2 Å². The molecule has 3 atom stereocenters. The maximum Gasteiger partial charge on any atom is 0.257 e. The first kappa shape index (κ1) is 24.0. The molecule has 2 aliphatic rings. The molecule has 1 amide bonds. The Morgan fingerprint density at radius 1 is 1.29 bits per heavy atom. The van der Waals surface area contributed by atoms with Gasteiger partial charge in [0.2, 0.25) is 5.43 Å². The molecule has 1 N–H and O–H groups in total. The maximum absolute atomic E-state index is 13.9. The van der Waals surface area contributed by atoms with E-state index < -0.39 is 34.5 Å². The number of carbonyl (C=O) groups excluding carboxylic acids is 2. The number of nitrogens with one attached hydrogen (secondary N) is 1. The van der Waals surface area contributed by atoms with Crippen molar-refractivity contribution in [2.75, 3.05) is 27.4 Å². The predicted octanol–water partition coefficient (Wildman–Crippen LogP) is 2.63. The van der Waals surface area contributed by atoms with Crippen LogP contribution in [0.3, 0.4) is 0 Å². The highest BCUT2D eigenvalue weighted by atomic mass is 19.1. The molecule has 0 bridgehead atoms. The average Bonchev–Trinajstić information content (AvgIpc) is 3.31. The van der Waals surface area contributed by atoms with E-state index in [0.717, 1.165) is 6.07 Å². The fraction of sp³-hybridized carbons (Fsp3) is 0.458. The van der Waals surface area contributed by atoms with E-state index in [-0.39, 0.29) is 40.9 Å². The van der Waals surface area contributed by atoms with Gasteiger partial charge in [-0.2, -0.15) is 0 Å². The minimum absolute atomic E-state index is 0.0631. The number of hydrogen-bond acceptors (Lipinski definition) is 6. The zero-order chi connectivity index (χ0) is 24.6. The summed E-state index contributed by atoms with van der Waals surface area (Å²) in [6, 6.07) is 2.72. The number of rotatable bonds is 7. The molecule has 182 valence electrons. The number of halogens is 2. The highest BCUT2D eigenvalue weighted by Gasteiger charge is 2.54. The quantitative estimate of drug-likeness (QED) is 0.660. The van der Waals surface area contributed by atoms with Crippen LogP contribution in [0.4, 0.5) is 8.78 Å². The third-order valence-electron chi connectivity index (χ3n) is 6.70. The van der Waals surface area contributed by atoms with E-state index in [9.17, 15) is 23.2 Å². The van der Waals surface area contributed by atoms with Crippen molar-refractivity contribution in [3.63, 3.8) is 0 Å². The first-order valence-electron chi connectivity index (χ1n) is 10.9. The van der Waals surface area contributed by atoms with E-state index in [1.807, 2.05) is 0 Å². The maximum atomic E-state index is 13.9. The van der Waals surface area contributed by atoms with Crippen LogP contribution >= 0.6 is 0 Å². The predicted molar refractivity (Wildman–Crippen MR) is 117 cm³/mol. The van der Waals surface area contributed by atoms with E-state index in [1.165, 1.54) is 19.4 Å². The van der Waals surface area contributed by atoms with Crippen LogP contribution in [0.2, 0.25) is 0 Å². The second-order valence-corrected chi connectivity index (χ2v) is 8.72. The molecule has 1 aromatic heterocycles. The number of ether oxygens (including phenoxy) is 3. The highest BCUT2D eigenvalue weighted by molar-refractivity contribution is 6.04. The van der Waals surface area contributed by atoms with Crippen LogP contribution in [-0.4, -0.2) is 49.8 Å². The second kappa shape index (κ2) is 9.27. The lowest BCUT2D eigenvalue weighted by atomic mass is 9.70. The number of nitrogens with zero attached hydrogens (tertiary/aromatic N) is 1. The van der Waals surface area contributed by atoms with Crippen molar-refractivity contribution in [1.82, 2.24) is 9.88 Å². The van der Waals surface area contributed by atoms with Gasteiger partial charge in [-0.25, -0.2) is 8.78 Å². The van der Waals surface area contributed by atoms with Crippen molar-refractivity contribution < 1.29 is 32.6 Å². The van der Waals surface area contributed by atoms with Crippen LogP contribution in [-0.2, 0) is 16.0 Å². The van der Waals surface area contributed by atoms with E-state index in [2.05, 4.69) is 5.32 Å². The molecule has 1 aromatic carbocycles. The zero-order valence-corrected chi connectivity index (χ0v) is 19.2. The van der Waals surface area contributed by atoms with Crippen LogP contribution in [0, 0.1) is 17.0 Å². The molecule has 1 saturated heterocycles. The summed E-state index contributed by atoms with van der Waals surface area (Å²) < 4.78 is 45.2. The molecule has 0 unspecified atom stereocenters. The molecule has 2 aromatic rings. The van der Waals surface area contributed by atoms with Crippen LogP contribution in [0.25, 0.3) is 0 Å². The molecule has 2 aliphatic heterocycles. The number of pyridine rings is 1. The molecular weight excluding hydrogens is 450 g/mol. The highest BCUT2D eigenvalue weighted by Crippen LogP contribution is 2.48. The van der Waals surface area contributed by atoms with Crippen molar-refractivity contribution in [2.24, 2.45) is 5.41 Å². The number of Topliss-reactive ketones (excluding diaryl/α,β-unsaturated/α-hetero) is 1. The Labute approximate surface area is 194 Å². The van der Waals surface area contributed by atoms with Crippen molar-refractivity contribution in [3.8, 4) is 5.75 Å². The molecule has 1 fully saturated rings. The van der Waals surface area contributed by atoms with Gasteiger partial charge >= 0.3 is 0 Å². The van der Waals surface area contributed by atoms with Crippen molar-refractivity contribution in [3.05, 3.63) is 63.1 Å². The third-order valence-corrected chi connectivity index (χ3v) is 6.70. The Bertz CT molecular complexity index is 1200. The fourth-order valence-electron chi connectivity index (χ4n) is 4.82. The summed E-state index contributed by atoms with van der Waals surface area (Å²) in [4.78, 5) is 39.7. The Balaban J connectivity index is 1.73. The van der Waals surface area contributed by atoms with E-state index in [4.69, 9.17) is 14.2 Å². The summed E-state index contributed by atoms with van der Waals surface area (Å²) in [6.07, 6.45) is 1.86.